The van der Waals surface area contributed by atoms with E-state index in [0.717, 1.165) is 15.9 Å². The average Bonchev–Trinajstić information content (AvgIpc) is 2.23. The molecular formula is C11H17BrN2S. The summed E-state index contributed by atoms with van der Waals surface area (Å²) < 4.78 is 1.03. The molecule has 0 aliphatic rings. The van der Waals surface area contributed by atoms with Gasteiger partial charge >= 0.3 is 0 Å². The third-order valence-corrected chi connectivity index (χ3v) is 4.04. The molecule has 0 amide bonds. The lowest BCUT2D eigenvalue weighted by Crippen LogP contribution is -2.33. The number of hydrogen-bond donors (Lipinski definition) is 1. The second kappa shape index (κ2) is 6.51. The van der Waals surface area contributed by atoms with E-state index in [4.69, 9.17) is 0 Å². The molecule has 2 nitrogen and oxygen atoms in total. The second-order valence-corrected chi connectivity index (χ2v) is 5.75. The normalized spacial score (nSPS) is 14.9. The summed E-state index contributed by atoms with van der Waals surface area (Å²) in [5.41, 5.74) is 0. The van der Waals surface area contributed by atoms with Crippen LogP contribution in [0, 0.1) is 0 Å². The largest absolute Gasteiger partial charge is 0.316 e. The van der Waals surface area contributed by atoms with Crippen molar-refractivity contribution in [2.75, 3.05) is 7.05 Å². The van der Waals surface area contributed by atoms with Gasteiger partial charge in [-0.15, -0.1) is 11.8 Å². The van der Waals surface area contributed by atoms with Crippen molar-refractivity contribution in [1.82, 2.24) is 10.3 Å². The number of halogens is 1. The molecule has 0 aromatic carbocycles. The fourth-order valence-corrected chi connectivity index (χ4v) is 2.84. The van der Waals surface area contributed by atoms with Gasteiger partial charge in [0.1, 0.15) is 0 Å². The molecule has 84 valence electrons. The second-order valence-electron chi connectivity index (χ2n) is 3.44. The Kier molecular flexibility index (Phi) is 5.64. The fraction of sp³-hybridized carbons (Fsp3) is 0.545. The van der Waals surface area contributed by atoms with Gasteiger partial charge in [0.2, 0.25) is 0 Å². The lowest BCUT2D eigenvalue weighted by Gasteiger charge is -2.21. The van der Waals surface area contributed by atoms with Gasteiger partial charge in [0, 0.05) is 22.0 Å². The first kappa shape index (κ1) is 13.0. The Hall–Kier alpha value is -0.0600. The van der Waals surface area contributed by atoms with E-state index >= 15 is 0 Å². The van der Waals surface area contributed by atoms with Crippen molar-refractivity contribution < 1.29 is 0 Å². The van der Waals surface area contributed by atoms with Crippen LogP contribution in [0.15, 0.2) is 27.8 Å². The van der Waals surface area contributed by atoms with Crippen LogP contribution in [0.1, 0.15) is 20.3 Å². The van der Waals surface area contributed by atoms with Crippen LogP contribution in [0.2, 0.25) is 0 Å². The van der Waals surface area contributed by atoms with E-state index in [0.29, 0.717) is 11.3 Å². The highest BCUT2D eigenvalue weighted by Crippen LogP contribution is 2.25. The molecular weight excluding hydrogens is 272 g/mol. The van der Waals surface area contributed by atoms with E-state index in [1.165, 1.54) is 0 Å². The lowest BCUT2D eigenvalue weighted by molar-refractivity contribution is 0.541. The summed E-state index contributed by atoms with van der Waals surface area (Å²) in [6.45, 7) is 4.44. The zero-order valence-electron chi connectivity index (χ0n) is 9.33. The minimum absolute atomic E-state index is 0.536. The summed E-state index contributed by atoms with van der Waals surface area (Å²) in [5.74, 6) is 0. The first-order valence-electron chi connectivity index (χ1n) is 5.12. The molecule has 0 aliphatic heterocycles. The van der Waals surface area contributed by atoms with Crippen molar-refractivity contribution in [3.63, 3.8) is 0 Å². The van der Waals surface area contributed by atoms with Gasteiger partial charge in [-0.1, -0.05) is 13.8 Å². The topological polar surface area (TPSA) is 24.9 Å². The molecule has 0 saturated heterocycles. The number of nitrogens with one attached hydrogen (secondary N) is 1. The Morgan fingerprint density at radius 1 is 1.53 bits per heavy atom. The standard InChI is InChI=1S/C11H17BrN2S/c1-4-10(13-3)8(2)15-11-6-5-9(12)7-14-11/h5-8,10,13H,4H2,1-3H3. The molecule has 1 heterocycles. The van der Waals surface area contributed by atoms with E-state index < -0.39 is 0 Å². The predicted octanol–water partition coefficient (Wildman–Crippen LogP) is 3.32. The molecule has 15 heavy (non-hydrogen) atoms. The van der Waals surface area contributed by atoms with Gasteiger partial charge in [0.25, 0.3) is 0 Å². The molecule has 1 aromatic heterocycles. The maximum absolute atomic E-state index is 4.36. The molecule has 0 bridgehead atoms. The van der Waals surface area contributed by atoms with E-state index in [1.807, 2.05) is 37.1 Å². The monoisotopic (exact) mass is 288 g/mol. The molecule has 0 radical (unpaired) electrons. The van der Waals surface area contributed by atoms with Gasteiger partial charge in [0.05, 0.1) is 5.03 Å². The molecule has 0 saturated carbocycles. The van der Waals surface area contributed by atoms with E-state index in [9.17, 15) is 0 Å². The van der Waals surface area contributed by atoms with E-state index in [-0.39, 0.29) is 0 Å². The number of nitrogens with zero attached hydrogens (tertiary/aromatic N) is 1. The van der Waals surface area contributed by atoms with Crippen LogP contribution in [0.3, 0.4) is 0 Å². The highest BCUT2D eigenvalue weighted by atomic mass is 79.9. The maximum atomic E-state index is 4.36. The van der Waals surface area contributed by atoms with Crippen molar-refractivity contribution in [2.45, 2.75) is 36.6 Å². The SMILES string of the molecule is CCC(NC)C(C)Sc1ccc(Br)cn1. The minimum atomic E-state index is 0.536. The molecule has 1 rings (SSSR count). The molecule has 1 N–H and O–H groups in total. The molecule has 1 aromatic rings. The Balaban J connectivity index is 2.57. The van der Waals surface area contributed by atoms with Crippen molar-refractivity contribution >= 4 is 27.7 Å². The number of aromatic nitrogens is 1. The maximum Gasteiger partial charge on any atom is 0.0963 e. The lowest BCUT2D eigenvalue weighted by atomic mass is 10.2. The van der Waals surface area contributed by atoms with Crippen molar-refractivity contribution in [3.8, 4) is 0 Å². The van der Waals surface area contributed by atoms with Crippen LogP contribution in [0.25, 0.3) is 0 Å². The fourth-order valence-electron chi connectivity index (χ4n) is 1.48. The van der Waals surface area contributed by atoms with Crippen molar-refractivity contribution in [1.29, 1.82) is 0 Å². The van der Waals surface area contributed by atoms with Gasteiger partial charge in [-0.2, -0.15) is 0 Å². The smallest absolute Gasteiger partial charge is 0.0963 e. The molecule has 4 heteroatoms. The van der Waals surface area contributed by atoms with Crippen LogP contribution in [0.5, 0.6) is 0 Å². The first-order chi connectivity index (χ1) is 7.17. The van der Waals surface area contributed by atoms with Crippen LogP contribution < -0.4 is 5.32 Å². The molecule has 2 atom stereocenters. The van der Waals surface area contributed by atoms with Crippen LogP contribution >= 0.6 is 27.7 Å². The Morgan fingerprint density at radius 3 is 2.73 bits per heavy atom. The summed E-state index contributed by atoms with van der Waals surface area (Å²) in [4.78, 5) is 4.36. The van der Waals surface area contributed by atoms with Gasteiger partial charge in [-0.05, 0) is 41.5 Å². The average molecular weight is 289 g/mol. The third kappa shape index (κ3) is 4.13. The quantitative estimate of drug-likeness (QED) is 0.842. The summed E-state index contributed by atoms with van der Waals surface area (Å²) in [6, 6.07) is 4.62. The van der Waals surface area contributed by atoms with Gasteiger partial charge in [-0.3, -0.25) is 0 Å². The number of hydrogen-bond acceptors (Lipinski definition) is 3. The summed E-state index contributed by atoms with van der Waals surface area (Å²) >= 11 is 5.20. The Bertz CT molecular complexity index is 285. The van der Waals surface area contributed by atoms with Gasteiger partial charge in [-0.25, -0.2) is 4.98 Å². The molecule has 0 aliphatic carbocycles. The highest BCUT2D eigenvalue weighted by molar-refractivity contribution is 9.10. The Morgan fingerprint density at radius 2 is 2.27 bits per heavy atom. The van der Waals surface area contributed by atoms with Crippen LogP contribution in [-0.4, -0.2) is 23.3 Å². The highest BCUT2D eigenvalue weighted by Gasteiger charge is 2.14. The number of rotatable bonds is 5. The molecule has 2 unspecified atom stereocenters. The zero-order valence-corrected chi connectivity index (χ0v) is 11.7. The van der Waals surface area contributed by atoms with Crippen LogP contribution in [0.4, 0.5) is 0 Å². The zero-order chi connectivity index (χ0) is 11.3. The summed E-state index contributed by atoms with van der Waals surface area (Å²) in [7, 11) is 2.01. The summed E-state index contributed by atoms with van der Waals surface area (Å²) in [6.07, 6.45) is 2.98. The molecule has 0 fully saturated rings. The van der Waals surface area contributed by atoms with Crippen LogP contribution in [-0.2, 0) is 0 Å². The van der Waals surface area contributed by atoms with Gasteiger partial charge in [0.15, 0.2) is 0 Å². The predicted molar refractivity (Wildman–Crippen MR) is 70.4 cm³/mol. The Labute approximate surface area is 104 Å². The minimum Gasteiger partial charge on any atom is -0.316 e. The number of pyridine rings is 1. The van der Waals surface area contributed by atoms with E-state index in [1.54, 1.807) is 0 Å². The van der Waals surface area contributed by atoms with E-state index in [2.05, 4.69) is 40.1 Å². The molecule has 0 spiro atoms. The summed E-state index contributed by atoms with van der Waals surface area (Å²) in [5, 5.41) is 4.94. The van der Waals surface area contributed by atoms with Crippen molar-refractivity contribution in [2.24, 2.45) is 0 Å². The third-order valence-electron chi connectivity index (χ3n) is 2.38. The van der Waals surface area contributed by atoms with Crippen molar-refractivity contribution in [3.05, 3.63) is 22.8 Å². The first-order valence-corrected chi connectivity index (χ1v) is 6.80. The van der Waals surface area contributed by atoms with Gasteiger partial charge < -0.3 is 5.32 Å². The number of thioether (sulfide) groups is 1.